The lowest BCUT2D eigenvalue weighted by Crippen LogP contribution is -2.50. The minimum Gasteiger partial charge on any atom is -0.466 e. The number of likely N-dealkylation sites (tertiary alicyclic amines) is 1. The molecule has 3 rings (SSSR count). The Hall–Kier alpha value is -2.39. The fourth-order valence-corrected chi connectivity index (χ4v) is 3.98. The van der Waals surface area contributed by atoms with Crippen LogP contribution in [0.25, 0.3) is 0 Å². The van der Waals surface area contributed by atoms with Crippen LogP contribution < -0.4 is 0 Å². The average Bonchev–Trinajstić information content (AvgIpc) is 3.11. The van der Waals surface area contributed by atoms with Crippen LogP contribution in [0.4, 0.5) is 4.39 Å². The monoisotopic (exact) mass is 372 g/mol. The van der Waals surface area contributed by atoms with Crippen molar-refractivity contribution in [2.45, 2.75) is 38.7 Å². The van der Waals surface area contributed by atoms with Crippen molar-refractivity contribution in [3.63, 3.8) is 0 Å². The Kier molecular flexibility index (Phi) is 6.12. The van der Waals surface area contributed by atoms with Gasteiger partial charge in [-0.1, -0.05) is 23.2 Å². The largest absolute Gasteiger partial charge is 0.466 e. The SMILES string of the molecule is C#CCN1CCCC(CC2CC(c3ccc(F)cc3)=NO2)(C(=O)OCC)C1. The van der Waals surface area contributed by atoms with Gasteiger partial charge in [-0.2, -0.15) is 0 Å². The molecule has 144 valence electrons. The Bertz CT molecular complexity index is 741. The Morgan fingerprint density at radius 2 is 2.26 bits per heavy atom. The predicted octanol–water partition coefficient (Wildman–Crippen LogP) is 2.99. The number of hydrogen-bond acceptors (Lipinski definition) is 5. The van der Waals surface area contributed by atoms with Gasteiger partial charge in [-0.15, -0.1) is 6.42 Å². The van der Waals surface area contributed by atoms with Crippen molar-refractivity contribution in [2.75, 3.05) is 26.2 Å². The summed E-state index contributed by atoms with van der Waals surface area (Å²) in [6, 6.07) is 6.20. The van der Waals surface area contributed by atoms with Gasteiger partial charge in [0.25, 0.3) is 0 Å². The summed E-state index contributed by atoms with van der Waals surface area (Å²) < 4.78 is 18.5. The summed E-state index contributed by atoms with van der Waals surface area (Å²) in [4.78, 5) is 20.6. The molecule has 1 fully saturated rings. The van der Waals surface area contributed by atoms with E-state index in [1.165, 1.54) is 12.1 Å². The minimum atomic E-state index is -0.635. The first-order valence-electron chi connectivity index (χ1n) is 9.38. The number of rotatable bonds is 6. The molecule has 0 N–H and O–H groups in total. The molecule has 0 spiro atoms. The maximum absolute atomic E-state index is 13.1. The van der Waals surface area contributed by atoms with Crippen LogP contribution in [-0.2, 0) is 14.4 Å². The van der Waals surface area contributed by atoms with E-state index in [2.05, 4.69) is 16.0 Å². The summed E-state index contributed by atoms with van der Waals surface area (Å²) in [6.07, 6.45) is 8.00. The first-order chi connectivity index (χ1) is 13.1. The number of ether oxygens (including phenoxy) is 1. The lowest BCUT2D eigenvalue weighted by atomic mass is 9.74. The molecule has 1 aromatic carbocycles. The normalized spacial score (nSPS) is 25.4. The van der Waals surface area contributed by atoms with E-state index in [-0.39, 0.29) is 17.9 Å². The van der Waals surface area contributed by atoms with Gasteiger partial charge >= 0.3 is 5.97 Å². The molecule has 1 aromatic rings. The van der Waals surface area contributed by atoms with Crippen molar-refractivity contribution in [1.82, 2.24) is 4.90 Å². The number of halogens is 1. The molecular weight excluding hydrogens is 347 g/mol. The van der Waals surface area contributed by atoms with Gasteiger partial charge in [0.1, 0.15) is 11.9 Å². The predicted molar refractivity (Wildman–Crippen MR) is 101 cm³/mol. The van der Waals surface area contributed by atoms with Crippen molar-refractivity contribution >= 4 is 11.7 Å². The lowest BCUT2D eigenvalue weighted by Gasteiger charge is -2.41. The first kappa shape index (κ1) is 19.4. The zero-order valence-corrected chi connectivity index (χ0v) is 15.6. The van der Waals surface area contributed by atoms with Crippen LogP contribution in [0.1, 0.15) is 38.2 Å². The third kappa shape index (κ3) is 4.48. The second-order valence-corrected chi connectivity index (χ2v) is 7.20. The zero-order valence-electron chi connectivity index (χ0n) is 15.6. The molecule has 2 unspecified atom stereocenters. The van der Waals surface area contributed by atoms with Gasteiger partial charge in [0, 0.05) is 19.4 Å². The van der Waals surface area contributed by atoms with E-state index in [9.17, 15) is 9.18 Å². The maximum Gasteiger partial charge on any atom is 0.313 e. The Morgan fingerprint density at radius 1 is 1.48 bits per heavy atom. The van der Waals surface area contributed by atoms with Gasteiger partial charge in [-0.05, 0) is 44.0 Å². The molecule has 27 heavy (non-hydrogen) atoms. The summed E-state index contributed by atoms with van der Waals surface area (Å²) in [5.41, 5.74) is 0.973. The number of oxime groups is 1. The number of carbonyl (C=O) groups is 1. The van der Waals surface area contributed by atoms with Crippen LogP contribution in [0, 0.1) is 23.6 Å². The third-order valence-corrected chi connectivity index (χ3v) is 5.21. The van der Waals surface area contributed by atoms with Crippen LogP contribution in [-0.4, -0.2) is 48.9 Å². The van der Waals surface area contributed by atoms with Crippen molar-refractivity contribution in [3.8, 4) is 12.3 Å². The smallest absolute Gasteiger partial charge is 0.313 e. The molecule has 2 atom stereocenters. The first-order valence-corrected chi connectivity index (χ1v) is 9.38. The molecule has 6 heteroatoms. The standard InChI is InChI=1S/C21H25FN2O3/c1-3-11-24-12-5-10-21(15-24,20(25)26-4-2)14-18-13-19(23-27-18)16-6-8-17(22)9-7-16/h1,6-9,18H,4-5,10-15H2,2H3. The highest BCUT2D eigenvalue weighted by Gasteiger charge is 2.46. The Labute approximate surface area is 159 Å². The molecule has 2 aliphatic rings. The molecule has 0 bridgehead atoms. The van der Waals surface area contributed by atoms with Crippen LogP contribution >= 0.6 is 0 Å². The molecule has 0 aromatic heterocycles. The highest BCUT2D eigenvalue weighted by atomic mass is 19.1. The Balaban J connectivity index is 1.71. The average molecular weight is 372 g/mol. The number of esters is 1. The summed E-state index contributed by atoms with van der Waals surface area (Å²) in [6.45, 7) is 4.13. The van der Waals surface area contributed by atoms with Gasteiger partial charge in [-0.25, -0.2) is 4.39 Å². The second-order valence-electron chi connectivity index (χ2n) is 7.20. The lowest BCUT2D eigenvalue weighted by molar-refractivity contribution is -0.162. The fourth-order valence-electron chi connectivity index (χ4n) is 3.98. The molecule has 0 saturated carbocycles. The summed E-state index contributed by atoms with van der Waals surface area (Å²) in [7, 11) is 0. The molecule has 0 amide bonds. The highest BCUT2D eigenvalue weighted by molar-refractivity contribution is 6.01. The number of carbonyl (C=O) groups excluding carboxylic acids is 1. The number of terminal acetylenes is 1. The minimum absolute atomic E-state index is 0.189. The third-order valence-electron chi connectivity index (χ3n) is 5.21. The topological polar surface area (TPSA) is 51.1 Å². The Morgan fingerprint density at radius 3 is 2.96 bits per heavy atom. The summed E-state index contributed by atoms with van der Waals surface area (Å²) >= 11 is 0. The molecule has 0 radical (unpaired) electrons. The van der Waals surface area contributed by atoms with Gasteiger partial charge in [0.2, 0.25) is 0 Å². The van der Waals surface area contributed by atoms with Crippen LogP contribution in [0.3, 0.4) is 0 Å². The van der Waals surface area contributed by atoms with E-state index < -0.39 is 5.41 Å². The number of piperidine rings is 1. The second kappa shape index (κ2) is 8.53. The molecule has 2 aliphatic heterocycles. The van der Waals surface area contributed by atoms with E-state index in [0.717, 1.165) is 30.7 Å². The van der Waals surface area contributed by atoms with E-state index in [4.69, 9.17) is 16.0 Å². The number of hydrogen-bond donors (Lipinski definition) is 0. The van der Waals surface area contributed by atoms with Crippen molar-refractivity contribution in [1.29, 1.82) is 0 Å². The quantitative estimate of drug-likeness (QED) is 0.569. The van der Waals surface area contributed by atoms with E-state index in [0.29, 0.717) is 32.5 Å². The molecule has 1 saturated heterocycles. The van der Waals surface area contributed by atoms with E-state index in [1.54, 1.807) is 12.1 Å². The van der Waals surface area contributed by atoms with Crippen LogP contribution in [0.2, 0.25) is 0 Å². The zero-order chi connectivity index (χ0) is 19.3. The van der Waals surface area contributed by atoms with Crippen LogP contribution in [0.15, 0.2) is 29.4 Å². The van der Waals surface area contributed by atoms with Gasteiger partial charge in [0.15, 0.2) is 0 Å². The maximum atomic E-state index is 13.1. The van der Waals surface area contributed by atoms with Gasteiger partial charge in [-0.3, -0.25) is 9.69 Å². The van der Waals surface area contributed by atoms with E-state index >= 15 is 0 Å². The summed E-state index contributed by atoms with van der Waals surface area (Å²) in [5, 5.41) is 4.17. The van der Waals surface area contributed by atoms with E-state index in [1.807, 2.05) is 6.92 Å². The molecular formula is C21H25FN2O3. The van der Waals surface area contributed by atoms with Gasteiger partial charge in [0.05, 0.1) is 24.3 Å². The van der Waals surface area contributed by atoms with Crippen molar-refractivity contribution in [3.05, 3.63) is 35.6 Å². The number of benzene rings is 1. The van der Waals surface area contributed by atoms with Crippen LogP contribution in [0.5, 0.6) is 0 Å². The molecule has 0 aliphatic carbocycles. The molecule has 2 heterocycles. The van der Waals surface area contributed by atoms with Crippen molar-refractivity contribution in [2.24, 2.45) is 10.6 Å². The van der Waals surface area contributed by atoms with Gasteiger partial charge < -0.3 is 9.57 Å². The number of nitrogens with zero attached hydrogens (tertiary/aromatic N) is 2. The van der Waals surface area contributed by atoms with Crippen molar-refractivity contribution < 1.29 is 18.8 Å². The molecule has 5 nitrogen and oxygen atoms in total. The highest BCUT2D eigenvalue weighted by Crippen LogP contribution is 2.38. The summed E-state index contributed by atoms with van der Waals surface area (Å²) in [5.74, 6) is 2.19. The fraction of sp³-hybridized carbons (Fsp3) is 0.524.